The number of rotatable bonds is 8. The van der Waals surface area contributed by atoms with Gasteiger partial charge in [-0.2, -0.15) is 0 Å². The van der Waals surface area contributed by atoms with Crippen molar-refractivity contribution in [2.75, 3.05) is 20.3 Å². The van der Waals surface area contributed by atoms with E-state index in [0.717, 1.165) is 18.4 Å². The molecule has 0 amide bonds. The maximum atomic E-state index is 12.8. The number of carbonyl (C=O) groups is 1. The minimum absolute atomic E-state index is 0.204. The van der Waals surface area contributed by atoms with Crippen molar-refractivity contribution < 1.29 is 23.4 Å². The summed E-state index contributed by atoms with van der Waals surface area (Å²) in [5.74, 6) is 0.584. The Hall–Kier alpha value is -3.80. The average molecular weight is 431 g/mol. The van der Waals surface area contributed by atoms with Gasteiger partial charge in [-0.1, -0.05) is 30.3 Å². The summed E-state index contributed by atoms with van der Waals surface area (Å²) in [7, 11) is 1.37. The van der Waals surface area contributed by atoms with Crippen molar-refractivity contribution in [2.45, 2.75) is 19.8 Å². The summed E-state index contributed by atoms with van der Waals surface area (Å²) in [6, 6.07) is 19.3. The maximum absolute atomic E-state index is 12.8. The van der Waals surface area contributed by atoms with Gasteiger partial charge in [-0.15, -0.1) is 0 Å². The Kier molecular flexibility index (Phi) is 6.40. The molecule has 0 fully saturated rings. The van der Waals surface area contributed by atoms with Crippen LogP contribution in [-0.4, -0.2) is 36.7 Å². The largest absolute Gasteiger partial charge is 0.624 e. The molecule has 0 bridgehead atoms. The third-order valence-electron chi connectivity index (χ3n) is 5.29. The molecule has 0 saturated heterocycles. The number of ether oxygens (including phenoxy) is 2. The van der Waals surface area contributed by atoms with Crippen molar-refractivity contribution in [1.29, 1.82) is 0 Å². The lowest BCUT2D eigenvalue weighted by Crippen LogP contribution is -2.21. The second-order valence-electron chi connectivity index (χ2n) is 7.44. The van der Waals surface area contributed by atoms with Gasteiger partial charge in [0, 0.05) is 11.1 Å². The summed E-state index contributed by atoms with van der Waals surface area (Å²) in [6.07, 6.45) is 3.32. The van der Waals surface area contributed by atoms with Gasteiger partial charge in [0.05, 0.1) is 25.0 Å². The lowest BCUT2D eigenvalue weighted by molar-refractivity contribution is -0.421. The number of carbonyl (C=O) groups excluding carboxylic acids is 1. The summed E-state index contributed by atoms with van der Waals surface area (Å²) in [5, 5.41) is 12.5. The Labute approximate surface area is 187 Å². The van der Waals surface area contributed by atoms with Gasteiger partial charge >= 0.3 is 5.97 Å². The molecule has 1 aliphatic rings. The number of hydrogen-bond acceptors (Lipinski definition) is 5. The third-order valence-corrected chi connectivity index (χ3v) is 5.29. The van der Waals surface area contributed by atoms with E-state index in [2.05, 4.69) is 12.1 Å². The third kappa shape index (κ3) is 4.30. The van der Waals surface area contributed by atoms with E-state index in [1.165, 1.54) is 18.9 Å². The van der Waals surface area contributed by atoms with E-state index >= 15 is 0 Å². The van der Waals surface area contributed by atoms with Crippen molar-refractivity contribution >= 4 is 17.3 Å². The summed E-state index contributed by atoms with van der Waals surface area (Å²) >= 11 is 0. The van der Waals surface area contributed by atoms with E-state index in [1.54, 1.807) is 25.1 Å². The van der Waals surface area contributed by atoms with Crippen molar-refractivity contribution in [3.05, 3.63) is 100 Å². The lowest BCUT2D eigenvalue weighted by Gasteiger charge is -2.10. The lowest BCUT2D eigenvalue weighted by atomic mass is 10.0. The topological polar surface area (TPSA) is 74.7 Å². The van der Waals surface area contributed by atoms with Crippen molar-refractivity contribution in [3.8, 4) is 5.75 Å². The predicted octanol–water partition coefficient (Wildman–Crippen LogP) is 4.60. The van der Waals surface area contributed by atoms with Gasteiger partial charge in [0.1, 0.15) is 24.1 Å². The highest BCUT2D eigenvalue weighted by atomic mass is 16.5. The smallest absolute Gasteiger partial charge is 0.345 e. The summed E-state index contributed by atoms with van der Waals surface area (Å²) < 4.78 is 17.5. The number of benzene rings is 2. The quantitative estimate of drug-likeness (QED) is 0.171. The Bertz CT molecular complexity index is 1160. The number of hydroxylamine groups is 1. The van der Waals surface area contributed by atoms with E-state index in [9.17, 15) is 10.0 Å². The van der Waals surface area contributed by atoms with Crippen LogP contribution in [0, 0.1) is 5.21 Å². The van der Waals surface area contributed by atoms with Gasteiger partial charge in [-0.25, -0.2) is 9.53 Å². The molecular weight excluding hydrogens is 406 g/mol. The second kappa shape index (κ2) is 9.56. The average Bonchev–Trinajstić information content (AvgIpc) is 3.43. The van der Waals surface area contributed by atoms with Crippen LogP contribution < -0.4 is 4.74 Å². The number of nitrogens with zero attached hydrogens (tertiary/aromatic N) is 1. The molecule has 6 heteroatoms. The number of fused-ring (bicyclic) bond motifs is 1. The fourth-order valence-corrected chi connectivity index (χ4v) is 3.93. The number of hydrogen-bond donors (Lipinski definition) is 0. The zero-order valence-corrected chi connectivity index (χ0v) is 18.2. The maximum Gasteiger partial charge on any atom is 0.345 e. The summed E-state index contributed by atoms with van der Waals surface area (Å²) in [5.41, 5.74) is 3.63. The fourth-order valence-electron chi connectivity index (χ4n) is 3.93. The van der Waals surface area contributed by atoms with Crippen LogP contribution in [0.1, 0.15) is 35.8 Å². The molecule has 0 N–H and O–H groups in total. The van der Waals surface area contributed by atoms with Crippen LogP contribution in [0.2, 0.25) is 0 Å². The van der Waals surface area contributed by atoms with E-state index < -0.39 is 5.97 Å². The van der Waals surface area contributed by atoms with Crippen LogP contribution in [0.3, 0.4) is 0 Å². The highest BCUT2D eigenvalue weighted by Gasteiger charge is 2.40. The fraction of sp³-hybridized carbons (Fsp3) is 0.231. The van der Waals surface area contributed by atoms with Gasteiger partial charge in [-0.05, 0) is 55.7 Å². The molecule has 2 aromatic carbocycles. The van der Waals surface area contributed by atoms with Gasteiger partial charge < -0.3 is 19.1 Å². The van der Waals surface area contributed by atoms with Crippen LogP contribution in [0.25, 0.3) is 5.57 Å². The van der Waals surface area contributed by atoms with Crippen LogP contribution in [-0.2, 0) is 16.0 Å². The molecule has 164 valence electrons. The predicted molar refractivity (Wildman–Crippen MR) is 122 cm³/mol. The first kappa shape index (κ1) is 21.4. The molecule has 0 spiro atoms. The Morgan fingerprint density at radius 3 is 2.56 bits per heavy atom. The van der Waals surface area contributed by atoms with Crippen molar-refractivity contribution in [3.63, 3.8) is 0 Å². The standard InChI is InChI=1S/C26H25NO5/c1-3-30-26(28)24-23(22-12-8-16-32-22)20-14-13-19(17-21(20)25(24)27(2)29)31-15-7-11-18-9-5-4-6-10-18/h4-6,8-10,12-14,16-17H,3,7,11,15H2,1-2H3/b27-25+. The molecule has 1 heterocycles. The van der Waals surface area contributed by atoms with E-state index in [4.69, 9.17) is 13.9 Å². The number of aryl methyl sites for hydroxylation is 1. The van der Waals surface area contributed by atoms with Gasteiger partial charge in [0.15, 0.2) is 0 Å². The summed E-state index contributed by atoms with van der Waals surface area (Å²) in [6.45, 7) is 2.48. The number of esters is 1. The molecule has 0 radical (unpaired) electrons. The molecule has 0 unspecified atom stereocenters. The number of furan rings is 1. The second-order valence-corrected chi connectivity index (χ2v) is 7.44. The molecule has 0 saturated carbocycles. The Balaban J connectivity index is 1.62. The Morgan fingerprint density at radius 1 is 1.06 bits per heavy atom. The molecule has 1 aliphatic carbocycles. The van der Waals surface area contributed by atoms with E-state index in [-0.39, 0.29) is 17.9 Å². The normalized spacial score (nSPS) is 14.3. The summed E-state index contributed by atoms with van der Waals surface area (Å²) in [4.78, 5) is 12.8. The highest BCUT2D eigenvalue weighted by molar-refractivity contribution is 6.35. The molecule has 0 atom stereocenters. The molecule has 32 heavy (non-hydrogen) atoms. The highest BCUT2D eigenvalue weighted by Crippen LogP contribution is 2.40. The van der Waals surface area contributed by atoms with Gasteiger partial charge in [-0.3, -0.25) is 0 Å². The first-order valence-electron chi connectivity index (χ1n) is 10.6. The van der Waals surface area contributed by atoms with Crippen LogP contribution in [0.5, 0.6) is 5.75 Å². The van der Waals surface area contributed by atoms with Crippen molar-refractivity contribution in [2.24, 2.45) is 0 Å². The Morgan fingerprint density at radius 2 is 1.88 bits per heavy atom. The monoisotopic (exact) mass is 431 g/mol. The van der Waals surface area contributed by atoms with Gasteiger partial charge in [0.2, 0.25) is 5.71 Å². The first-order valence-corrected chi connectivity index (χ1v) is 10.6. The van der Waals surface area contributed by atoms with Crippen LogP contribution in [0.15, 0.2) is 76.9 Å². The zero-order valence-electron chi connectivity index (χ0n) is 18.2. The molecule has 6 nitrogen and oxygen atoms in total. The minimum atomic E-state index is -0.557. The zero-order chi connectivity index (χ0) is 22.5. The minimum Gasteiger partial charge on any atom is -0.624 e. The first-order chi connectivity index (χ1) is 15.6. The van der Waals surface area contributed by atoms with Crippen molar-refractivity contribution in [1.82, 2.24) is 0 Å². The van der Waals surface area contributed by atoms with Crippen LogP contribution in [0.4, 0.5) is 0 Å². The molecule has 3 aromatic rings. The molecular formula is C26H25NO5. The van der Waals surface area contributed by atoms with Crippen LogP contribution >= 0.6 is 0 Å². The van der Waals surface area contributed by atoms with E-state index in [0.29, 0.717) is 34.0 Å². The molecule has 1 aromatic heterocycles. The SMILES string of the molecule is CCOC(=O)C1=C(c2ccco2)c2ccc(OCCCc3ccccc3)cc2/C1=[N+](/C)[O-]. The van der Waals surface area contributed by atoms with Gasteiger partial charge in [0.25, 0.3) is 0 Å². The van der Waals surface area contributed by atoms with E-state index in [1.807, 2.05) is 30.3 Å². The molecule has 4 rings (SSSR count). The molecule has 0 aliphatic heterocycles.